The number of carbonyl (C=O) groups excluding carboxylic acids is 1. The van der Waals surface area contributed by atoms with Gasteiger partial charge in [0.05, 0.1) is 27.9 Å². The molecular weight excluding hydrogens is 553 g/mol. The molecule has 0 saturated carbocycles. The molecule has 0 radical (unpaired) electrons. The molecule has 0 aromatic heterocycles. The lowest BCUT2D eigenvalue weighted by Gasteiger charge is -2.13. The lowest BCUT2D eigenvalue weighted by molar-refractivity contribution is 0.102. The van der Waals surface area contributed by atoms with E-state index in [9.17, 15) is 22.9 Å². The summed E-state index contributed by atoms with van der Waals surface area (Å²) in [5.41, 5.74) is 0.187. The van der Waals surface area contributed by atoms with Crippen molar-refractivity contribution in [3.63, 3.8) is 0 Å². The van der Waals surface area contributed by atoms with Crippen molar-refractivity contribution in [3.8, 4) is 11.5 Å². The van der Waals surface area contributed by atoms with E-state index in [4.69, 9.17) is 27.9 Å². The van der Waals surface area contributed by atoms with Crippen molar-refractivity contribution in [2.24, 2.45) is 10.2 Å². The summed E-state index contributed by atoms with van der Waals surface area (Å²) in [7, 11) is -4.75. The molecule has 0 bridgehead atoms. The average molecular weight is 574 g/mol. The Hall–Kier alpha value is -3.70. The van der Waals surface area contributed by atoms with Gasteiger partial charge >= 0.3 is 0 Å². The number of azo groups is 1. The number of carbonyl (C=O) groups is 1. The minimum atomic E-state index is -4.75. The zero-order valence-electron chi connectivity index (χ0n) is 20.1. The summed E-state index contributed by atoms with van der Waals surface area (Å²) >= 11 is 12.3. The maximum absolute atomic E-state index is 13.2. The number of phenolic OH excluding ortho intramolecular Hbond substituents is 1. The smallest absolute Gasteiger partial charge is 0.298 e. The first-order valence-electron chi connectivity index (χ1n) is 11.2. The van der Waals surface area contributed by atoms with E-state index in [2.05, 4.69) is 15.5 Å². The molecule has 4 aromatic carbocycles. The number of halogens is 2. The molecule has 0 saturated heterocycles. The second kappa shape index (κ2) is 11.0. The Labute approximate surface area is 228 Å². The van der Waals surface area contributed by atoms with E-state index in [1.807, 2.05) is 6.92 Å². The Kier molecular flexibility index (Phi) is 7.89. The molecule has 4 aromatic rings. The molecule has 0 aliphatic carbocycles. The van der Waals surface area contributed by atoms with Crippen molar-refractivity contribution >= 4 is 67.1 Å². The third-order valence-corrected chi connectivity index (χ3v) is 7.22. The van der Waals surface area contributed by atoms with Crippen molar-refractivity contribution in [2.75, 3.05) is 11.9 Å². The predicted molar refractivity (Wildman–Crippen MR) is 146 cm³/mol. The summed E-state index contributed by atoms with van der Waals surface area (Å²) in [5, 5.41) is 22.9. The highest BCUT2D eigenvalue weighted by atomic mass is 35.5. The number of anilines is 1. The first-order chi connectivity index (χ1) is 18.0. The van der Waals surface area contributed by atoms with Crippen molar-refractivity contribution < 1.29 is 27.6 Å². The van der Waals surface area contributed by atoms with Crippen LogP contribution in [0.4, 0.5) is 17.1 Å². The minimum Gasteiger partial charge on any atom is -0.505 e. The Morgan fingerprint density at radius 1 is 1.00 bits per heavy atom. The van der Waals surface area contributed by atoms with Gasteiger partial charge in [-0.1, -0.05) is 53.5 Å². The van der Waals surface area contributed by atoms with Crippen LogP contribution in [0.3, 0.4) is 0 Å². The molecular formula is C26H21Cl2N3O6S. The number of aromatic hydroxyl groups is 1. The number of amides is 1. The summed E-state index contributed by atoms with van der Waals surface area (Å²) in [6.07, 6.45) is 0. The second-order valence-corrected chi connectivity index (χ2v) is 10.3. The van der Waals surface area contributed by atoms with Crippen molar-refractivity contribution in [1.29, 1.82) is 0 Å². The van der Waals surface area contributed by atoms with Gasteiger partial charge in [0.15, 0.2) is 5.75 Å². The van der Waals surface area contributed by atoms with Crippen LogP contribution in [0.1, 0.15) is 22.8 Å². The fourth-order valence-corrected chi connectivity index (χ4v) is 5.12. The number of hydrogen-bond donors (Lipinski definition) is 3. The maximum atomic E-state index is 13.2. The van der Waals surface area contributed by atoms with Crippen LogP contribution in [0.5, 0.6) is 11.5 Å². The normalized spacial score (nSPS) is 11.7. The van der Waals surface area contributed by atoms with Crippen LogP contribution in [0.15, 0.2) is 75.8 Å². The van der Waals surface area contributed by atoms with Crippen LogP contribution in [0.25, 0.3) is 10.8 Å². The largest absolute Gasteiger partial charge is 0.505 e. The number of nitrogens with one attached hydrogen (secondary N) is 1. The van der Waals surface area contributed by atoms with Crippen molar-refractivity contribution in [1.82, 2.24) is 0 Å². The SMILES string of the molecule is CCOc1ccc(Cl)c(NC(=O)c2cc3ccccc3c(N=Nc3c(C)ccc(Cl)c3S(=O)(=O)O)c2O)c1. The van der Waals surface area contributed by atoms with E-state index >= 15 is 0 Å². The third kappa shape index (κ3) is 5.58. The molecule has 0 heterocycles. The number of benzene rings is 4. The van der Waals surface area contributed by atoms with Gasteiger partial charge < -0.3 is 15.2 Å². The van der Waals surface area contributed by atoms with Gasteiger partial charge in [-0.3, -0.25) is 9.35 Å². The molecule has 1 amide bonds. The number of aryl methyl sites for hydroxylation is 1. The van der Waals surface area contributed by atoms with E-state index in [1.54, 1.807) is 49.4 Å². The number of ether oxygens (including phenoxy) is 1. The van der Waals surface area contributed by atoms with Gasteiger partial charge in [0, 0.05) is 11.5 Å². The molecule has 0 aliphatic rings. The first kappa shape index (κ1) is 27.3. The standard InChI is InChI=1S/C26H21Cl2N3O6S/c1-3-37-16-9-11-19(27)21(13-16)29-26(33)18-12-15-6-4-5-7-17(15)23(24(18)32)31-30-22-14(2)8-10-20(28)25(22)38(34,35)36/h4-13,32H,3H2,1-2H3,(H,29,33)(H,34,35,36). The fraction of sp³-hybridized carbons (Fsp3) is 0.115. The topological polar surface area (TPSA) is 138 Å². The minimum absolute atomic E-state index is 0.0944. The molecule has 0 unspecified atom stereocenters. The van der Waals surface area contributed by atoms with Crippen LogP contribution in [0.2, 0.25) is 10.0 Å². The zero-order chi connectivity index (χ0) is 27.6. The Morgan fingerprint density at radius 2 is 1.68 bits per heavy atom. The van der Waals surface area contributed by atoms with Gasteiger partial charge in [-0.2, -0.15) is 8.42 Å². The maximum Gasteiger partial charge on any atom is 0.298 e. The fourth-order valence-electron chi connectivity index (χ4n) is 3.75. The number of phenols is 1. The molecule has 9 nitrogen and oxygen atoms in total. The highest BCUT2D eigenvalue weighted by Crippen LogP contribution is 2.42. The quantitative estimate of drug-likeness (QED) is 0.155. The van der Waals surface area contributed by atoms with Gasteiger partial charge in [0.2, 0.25) is 0 Å². The van der Waals surface area contributed by atoms with Gasteiger partial charge in [-0.15, -0.1) is 10.2 Å². The second-order valence-electron chi connectivity index (χ2n) is 8.09. The molecule has 3 N–H and O–H groups in total. The van der Waals surface area contributed by atoms with Crippen molar-refractivity contribution in [3.05, 3.63) is 81.8 Å². The molecule has 0 fully saturated rings. The van der Waals surface area contributed by atoms with Gasteiger partial charge in [-0.05, 0) is 49.1 Å². The summed E-state index contributed by atoms with van der Waals surface area (Å²) < 4.78 is 39.1. The Morgan fingerprint density at radius 3 is 2.39 bits per heavy atom. The molecule has 0 atom stereocenters. The van der Waals surface area contributed by atoms with Crippen LogP contribution >= 0.6 is 23.2 Å². The molecule has 0 aliphatic heterocycles. The number of fused-ring (bicyclic) bond motifs is 1. The molecule has 4 rings (SSSR count). The van der Waals surface area contributed by atoms with Crippen LogP contribution in [0, 0.1) is 6.92 Å². The summed E-state index contributed by atoms with van der Waals surface area (Å²) in [6, 6.07) is 15.9. The Bertz CT molecular complexity index is 1710. The summed E-state index contributed by atoms with van der Waals surface area (Å²) in [5.74, 6) is -0.691. The average Bonchev–Trinajstić information content (AvgIpc) is 2.86. The van der Waals surface area contributed by atoms with E-state index in [0.717, 1.165) is 0 Å². The van der Waals surface area contributed by atoms with Gasteiger partial charge in [-0.25, -0.2) is 0 Å². The van der Waals surface area contributed by atoms with Gasteiger partial charge in [0.25, 0.3) is 16.0 Å². The van der Waals surface area contributed by atoms with Crippen LogP contribution in [-0.2, 0) is 10.1 Å². The first-order valence-corrected chi connectivity index (χ1v) is 13.4. The highest BCUT2D eigenvalue weighted by Gasteiger charge is 2.23. The molecule has 38 heavy (non-hydrogen) atoms. The Balaban J connectivity index is 1.84. The van der Waals surface area contributed by atoms with E-state index in [-0.39, 0.29) is 32.7 Å². The van der Waals surface area contributed by atoms with E-state index in [1.165, 1.54) is 18.2 Å². The van der Waals surface area contributed by atoms with Crippen molar-refractivity contribution in [2.45, 2.75) is 18.7 Å². The summed E-state index contributed by atoms with van der Waals surface area (Å²) in [4.78, 5) is 12.6. The molecule has 196 valence electrons. The third-order valence-electron chi connectivity index (χ3n) is 5.53. The van der Waals surface area contributed by atoms with Crippen LogP contribution in [-0.4, -0.2) is 30.6 Å². The summed E-state index contributed by atoms with van der Waals surface area (Å²) in [6.45, 7) is 3.79. The predicted octanol–water partition coefficient (Wildman–Crippen LogP) is 7.47. The zero-order valence-corrected chi connectivity index (χ0v) is 22.4. The lowest BCUT2D eigenvalue weighted by atomic mass is 10.0. The number of hydrogen-bond acceptors (Lipinski definition) is 7. The van der Waals surface area contributed by atoms with Crippen LogP contribution < -0.4 is 10.1 Å². The highest BCUT2D eigenvalue weighted by molar-refractivity contribution is 7.86. The molecule has 12 heteroatoms. The van der Waals surface area contributed by atoms with Gasteiger partial charge in [0.1, 0.15) is 22.0 Å². The van der Waals surface area contributed by atoms with E-state index < -0.39 is 26.7 Å². The lowest BCUT2D eigenvalue weighted by Crippen LogP contribution is -2.13. The molecule has 0 spiro atoms. The number of rotatable bonds is 7. The van der Waals surface area contributed by atoms with E-state index in [0.29, 0.717) is 28.7 Å². The number of nitrogens with zero attached hydrogens (tertiary/aromatic N) is 2. The monoisotopic (exact) mass is 573 g/mol.